The minimum Gasteiger partial charge on any atom is -0.508 e. The SMILES string of the molecule is CN(C1=NC(=O)/C(=C\C=C\c2ccccc2)S1)c1ccc(O)cc1. The summed E-state index contributed by atoms with van der Waals surface area (Å²) in [6, 6.07) is 16.7. The summed E-state index contributed by atoms with van der Waals surface area (Å²) in [6.07, 6.45) is 5.58. The number of amidine groups is 1. The molecule has 3 rings (SSSR count). The van der Waals surface area contributed by atoms with Gasteiger partial charge in [-0.05, 0) is 47.7 Å². The van der Waals surface area contributed by atoms with Crippen molar-refractivity contribution < 1.29 is 9.90 Å². The predicted octanol–water partition coefficient (Wildman–Crippen LogP) is 4.06. The van der Waals surface area contributed by atoms with E-state index in [0.717, 1.165) is 11.3 Å². The van der Waals surface area contributed by atoms with E-state index in [1.165, 1.54) is 11.8 Å². The van der Waals surface area contributed by atoms with Gasteiger partial charge in [-0.15, -0.1) is 0 Å². The zero-order chi connectivity index (χ0) is 16.9. The normalized spacial score (nSPS) is 16.0. The van der Waals surface area contributed by atoms with Crippen molar-refractivity contribution in [3.05, 3.63) is 77.2 Å². The van der Waals surface area contributed by atoms with Crippen molar-refractivity contribution in [2.45, 2.75) is 0 Å². The quantitative estimate of drug-likeness (QED) is 0.859. The van der Waals surface area contributed by atoms with Crippen molar-refractivity contribution in [2.75, 3.05) is 11.9 Å². The molecule has 0 saturated carbocycles. The molecule has 1 heterocycles. The third-order valence-electron chi connectivity index (χ3n) is 3.47. The van der Waals surface area contributed by atoms with E-state index in [0.29, 0.717) is 10.1 Å². The van der Waals surface area contributed by atoms with Crippen LogP contribution in [0.2, 0.25) is 0 Å². The van der Waals surface area contributed by atoms with Gasteiger partial charge in [0, 0.05) is 12.7 Å². The monoisotopic (exact) mass is 336 g/mol. The van der Waals surface area contributed by atoms with Gasteiger partial charge in [-0.2, -0.15) is 4.99 Å². The number of aliphatic imine (C=N–C) groups is 1. The molecule has 0 unspecified atom stereocenters. The van der Waals surface area contributed by atoms with Crippen molar-refractivity contribution in [2.24, 2.45) is 4.99 Å². The van der Waals surface area contributed by atoms with E-state index in [1.807, 2.05) is 54.4 Å². The van der Waals surface area contributed by atoms with Gasteiger partial charge in [0.25, 0.3) is 5.91 Å². The number of hydrogen-bond acceptors (Lipinski definition) is 4. The Morgan fingerprint density at radius 2 is 1.79 bits per heavy atom. The number of carbonyl (C=O) groups is 1. The lowest BCUT2D eigenvalue weighted by molar-refractivity contribution is -0.113. The molecule has 0 bridgehead atoms. The third kappa shape index (κ3) is 3.75. The Kier molecular flexibility index (Phi) is 4.82. The first kappa shape index (κ1) is 16.1. The number of thioether (sulfide) groups is 1. The van der Waals surface area contributed by atoms with Crippen LogP contribution >= 0.6 is 11.8 Å². The van der Waals surface area contributed by atoms with E-state index in [9.17, 15) is 9.90 Å². The lowest BCUT2D eigenvalue weighted by Gasteiger charge is -2.17. The molecule has 0 atom stereocenters. The van der Waals surface area contributed by atoms with Crippen molar-refractivity contribution in [1.82, 2.24) is 0 Å². The highest BCUT2D eigenvalue weighted by molar-refractivity contribution is 8.18. The number of nitrogens with zero attached hydrogens (tertiary/aromatic N) is 2. The number of anilines is 1. The van der Waals surface area contributed by atoms with Crippen LogP contribution in [0.25, 0.3) is 6.08 Å². The zero-order valence-electron chi connectivity index (χ0n) is 13.1. The molecule has 0 spiro atoms. The van der Waals surface area contributed by atoms with Crippen LogP contribution in [0.5, 0.6) is 5.75 Å². The number of phenols is 1. The molecule has 5 heteroatoms. The summed E-state index contributed by atoms with van der Waals surface area (Å²) in [5.74, 6) is -0.0331. The molecule has 120 valence electrons. The molecule has 2 aromatic rings. The molecule has 1 amide bonds. The van der Waals surface area contributed by atoms with Crippen molar-refractivity contribution in [3.8, 4) is 5.75 Å². The van der Waals surface area contributed by atoms with Crippen LogP contribution in [0, 0.1) is 0 Å². The lowest BCUT2D eigenvalue weighted by Crippen LogP contribution is -2.21. The molecule has 0 aromatic heterocycles. The van der Waals surface area contributed by atoms with Gasteiger partial charge in [0.15, 0.2) is 5.17 Å². The summed E-state index contributed by atoms with van der Waals surface area (Å²) in [4.78, 5) is 18.5. The van der Waals surface area contributed by atoms with Gasteiger partial charge in [0.05, 0.1) is 4.91 Å². The standard InChI is InChI=1S/C19H16N2O2S/c1-21(15-10-12-16(22)13-11-15)19-20-18(23)17(24-19)9-5-8-14-6-3-2-4-7-14/h2-13,22H,1H3/b8-5+,17-9+. The Labute approximate surface area is 144 Å². The molecule has 4 nitrogen and oxygen atoms in total. The van der Waals surface area contributed by atoms with Crippen molar-refractivity contribution in [1.29, 1.82) is 0 Å². The van der Waals surface area contributed by atoms with Gasteiger partial charge in [-0.25, -0.2) is 0 Å². The summed E-state index contributed by atoms with van der Waals surface area (Å²) >= 11 is 1.33. The van der Waals surface area contributed by atoms with Gasteiger partial charge in [0.1, 0.15) is 5.75 Å². The molecule has 24 heavy (non-hydrogen) atoms. The smallest absolute Gasteiger partial charge is 0.286 e. The Morgan fingerprint density at radius 3 is 2.50 bits per heavy atom. The third-order valence-corrected chi connectivity index (χ3v) is 4.55. The summed E-state index contributed by atoms with van der Waals surface area (Å²) in [5.41, 5.74) is 1.93. The van der Waals surface area contributed by atoms with E-state index >= 15 is 0 Å². The maximum Gasteiger partial charge on any atom is 0.286 e. The number of hydrogen-bond donors (Lipinski definition) is 1. The molecular formula is C19H16N2O2S. The van der Waals surface area contributed by atoms with E-state index in [2.05, 4.69) is 4.99 Å². The summed E-state index contributed by atoms with van der Waals surface area (Å²) in [5, 5.41) is 9.97. The summed E-state index contributed by atoms with van der Waals surface area (Å²) in [6.45, 7) is 0. The van der Waals surface area contributed by atoms with Crippen LogP contribution in [-0.4, -0.2) is 23.2 Å². The van der Waals surface area contributed by atoms with E-state index in [4.69, 9.17) is 0 Å². The van der Waals surface area contributed by atoms with Crippen molar-refractivity contribution in [3.63, 3.8) is 0 Å². The van der Waals surface area contributed by atoms with Crippen LogP contribution < -0.4 is 4.90 Å². The maximum atomic E-state index is 12.0. The highest BCUT2D eigenvalue weighted by Gasteiger charge is 2.24. The molecule has 0 aliphatic carbocycles. The van der Waals surface area contributed by atoms with Gasteiger partial charge in [-0.3, -0.25) is 4.79 Å². The molecule has 1 aliphatic rings. The molecule has 1 N–H and O–H groups in total. The fourth-order valence-corrected chi connectivity index (χ4v) is 3.00. The van der Waals surface area contributed by atoms with Crippen LogP contribution in [0.15, 0.2) is 76.6 Å². The van der Waals surface area contributed by atoms with Gasteiger partial charge >= 0.3 is 0 Å². The number of benzene rings is 2. The fourth-order valence-electron chi connectivity index (χ4n) is 2.15. The first-order valence-electron chi connectivity index (χ1n) is 7.40. The Morgan fingerprint density at radius 1 is 1.08 bits per heavy atom. The first-order valence-corrected chi connectivity index (χ1v) is 8.22. The second-order valence-electron chi connectivity index (χ2n) is 5.18. The van der Waals surface area contributed by atoms with Gasteiger partial charge in [-0.1, -0.05) is 42.5 Å². The Hall–Kier alpha value is -2.79. The fraction of sp³-hybridized carbons (Fsp3) is 0.0526. The number of aromatic hydroxyl groups is 1. The topological polar surface area (TPSA) is 52.9 Å². The summed E-state index contributed by atoms with van der Waals surface area (Å²) < 4.78 is 0. The van der Waals surface area contributed by atoms with Crippen LogP contribution in [0.3, 0.4) is 0 Å². The van der Waals surface area contributed by atoms with Crippen LogP contribution in [-0.2, 0) is 4.79 Å². The van der Waals surface area contributed by atoms with Gasteiger partial charge in [0.2, 0.25) is 0 Å². The predicted molar refractivity (Wildman–Crippen MR) is 100 cm³/mol. The average Bonchev–Trinajstić information content (AvgIpc) is 2.97. The minimum absolute atomic E-state index is 0.205. The molecule has 1 aliphatic heterocycles. The van der Waals surface area contributed by atoms with Crippen LogP contribution in [0.4, 0.5) is 5.69 Å². The highest BCUT2D eigenvalue weighted by Crippen LogP contribution is 2.30. The second kappa shape index (κ2) is 7.19. The number of amides is 1. The number of rotatable bonds is 3. The minimum atomic E-state index is -0.238. The second-order valence-corrected chi connectivity index (χ2v) is 6.19. The van der Waals surface area contributed by atoms with E-state index in [1.54, 1.807) is 30.3 Å². The average molecular weight is 336 g/mol. The Bertz CT molecular complexity index is 824. The zero-order valence-corrected chi connectivity index (χ0v) is 13.9. The maximum absolute atomic E-state index is 12.0. The molecule has 0 fully saturated rings. The molecule has 0 saturated heterocycles. The number of phenolic OH excluding ortho intramolecular Hbond substituents is 1. The highest BCUT2D eigenvalue weighted by atomic mass is 32.2. The van der Waals surface area contributed by atoms with Gasteiger partial charge < -0.3 is 10.0 Å². The first-order chi connectivity index (χ1) is 11.6. The lowest BCUT2D eigenvalue weighted by atomic mass is 10.2. The summed E-state index contributed by atoms with van der Waals surface area (Å²) in [7, 11) is 1.84. The van der Waals surface area contributed by atoms with E-state index in [-0.39, 0.29) is 11.7 Å². The Balaban J connectivity index is 1.70. The number of carbonyl (C=O) groups excluding carboxylic acids is 1. The van der Waals surface area contributed by atoms with Crippen molar-refractivity contribution >= 4 is 34.6 Å². The largest absolute Gasteiger partial charge is 0.508 e. The van der Waals surface area contributed by atoms with Crippen LogP contribution in [0.1, 0.15) is 5.56 Å². The molecule has 0 radical (unpaired) electrons. The molecular weight excluding hydrogens is 320 g/mol. The number of allylic oxidation sites excluding steroid dienone is 2. The van der Waals surface area contributed by atoms with E-state index < -0.39 is 0 Å². The molecule has 2 aromatic carbocycles.